The van der Waals surface area contributed by atoms with Crippen molar-refractivity contribution >= 4 is 15.7 Å². The van der Waals surface area contributed by atoms with Crippen molar-refractivity contribution in [1.29, 1.82) is 10.5 Å². The minimum atomic E-state index is -3.70. The molecule has 0 amide bonds. The first-order valence-corrected chi connectivity index (χ1v) is 7.06. The summed E-state index contributed by atoms with van der Waals surface area (Å²) in [6, 6.07) is 15.6. The Morgan fingerprint density at radius 3 is 1.70 bits per heavy atom. The van der Waals surface area contributed by atoms with E-state index in [2.05, 4.69) is 4.72 Å². The van der Waals surface area contributed by atoms with E-state index >= 15 is 0 Å². The smallest absolute Gasteiger partial charge is 0.261 e. The summed E-state index contributed by atoms with van der Waals surface area (Å²) in [4.78, 5) is 0.0702. The summed E-state index contributed by atoms with van der Waals surface area (Å²) in [7, 11) is -3.70. The van der Waals surface area contributed by atoms with E-state index < -0.39 is 10.0 Å². The van der Waals surface area contributed by atoms with Crippen molar-refractivity contribution in [2.45, 2.75) is 4.90 Å². The molecule has 2 rings (SSSR count). The summed E-state index contributed by atoms with van der Waals surface area (Å²) in [5.41, 5.74) is 1.21. The van der Waals surface area contributed by atoms with Gasteiger partial charge >= 0.3 is 0 Å². The van der Waals surface area contributed by atoms with E-state index in [9.17, 15) is 8.42 Å². The average molecular weight is 283 g/mol. The molecule has 1 N–H and O–H groups in total. The molecule has 0 atom stereocenters. The van der Waals surface area contributed by atoms with Crippen LogP contribution in [0.1, 0.15) is 11.1 Å². The van der Waals surface area contributed by atoms with Crippen LogP contribution in [0.5, 0.6) is 0 Å². The Hall–Kier alpha value is -2.83. The van der Waals surface area contributed by atoms with Crippen LogP contribution in [0.15, 0.2) is 53.4 Å². The number of rotatable bonds is 3. The van der Waals surface area contributed by atoms with Crippen molar-refractivity contribution in [3.05, 3.63) is 59.7 Å². The van der Waals surface area contributed by atoms with Gasteiger partial charge in [0.1, 0.15) is 0 Å². The van der Waals surface area contributed by atoms with Crippen molar-refractivity contribution < 1.29 is 8.42 Å². The number of sulfonamides is 1. The zero-order chi connectivity index (χ0) is 14.6. The summed E-state index contributed by atoms with van der Waals surface area (Å²) in [6.07, 6.45) is 0. The Bertz CT molecular complexity index is 795. The lowest BCUT2D eigenvalue weighted by atomic mass is 10.2. The maximum absolute atomic E-state index is 12.1. The molecule has 2 aromatic rings. The molecule has 0 aliphatic carbocycles. The third-order valence-electron chi connectivity index (χ3n) is 2.56. The van der Waals surface area contributed by atoms with Crippen LogP contribution in [0.4, 0.5) is 5.69 Å². The predicted octanol–water partition coefficient (Wildman–Crippen LogP) is 2.23. The molecule has 0 saturated heterocycles. The fourth-order valence-electron chi connectivity index (χ4n) is 1.54. The highest BCUT2D eigenvalue weighted by atomic mass is 32.2. The molecule has 5 nitrogen and oxygen atoms in total. The van der Waals surface area contributed by atoms with Gasteiger partial charge in [-0.2, -0.15) is 10.5 Å². The third kappa shape index (κ3) is 2.94. The third-order valence-corrected chi connectivity index (χ3v) is 3.96. The van der Waals surface area contributed by atoms with Gasteiger partial charge in [0, 0.05) is 5.69 Å². The predicted molar refractivity (Wildman–Crippen MR) is 73.1 cm³/mol. The number of anilines is 1. The fourth-order valence-corrected chi connectivity index (χ4v) is 2.59. The van der Waals surface area contributed by atoms with E-state index in [0.717, 1.165) is 0 Å². The second-order valence-corrected chi connectivity index (χ2v) is 5.61. The Labute approximate surface area is 116 Å². The largest absolute Gasteiger partial charge is 0.280 e. The SMILES string of the molecule is N#Cc1ccc(NS(=O)(=O)c2ccc(C#N)cc2)cc1. The molecule has 0 bridgehead atoms. The standard InChI is InChI=1S/C14H9N3O2S/c15-9-11-1-5-13(6-2-11)17-20(18,19)14-7-3-12(10-16)4-8-14/h1-8,17H. The van der Waals surface area contributed by atoms with Gasteiger partial charge in [-0.3, -0.25) is 4.72 Å². The lowest BCUT2D eigenvalue weighted by molar-refractivity contribution is 0.601. The van der Waals surface area contributed by atoms with E-state index in [1.807, 2.05) is 12.1 Å². The molecular weight excluding hydrogens is 274 g/mol. The second kappa shape index (κ2) is 5.43. The van der Waals surface area contributed by atoms with Crippen LogP contribution >= 0.6 is 0 Å². The van der Waals surface area contributed by atoms with Crippen LogP contribution in [-0.2, 0) is 10.0 Å². The highest BCUT2D eigenvalue weighted by Crippen LogP contribution is 2.16. The van der Waals surface area contributed by atoms with Crippen LogP contribution in [0.2, 0.25) is 0 Å². The normalized spacial score (nSPS) is 10.3. The van der Waals surface area contributed by atoms with Gasteiger partial charge in [0.05, 0.1) is 28.2 Å². The molecule has 0 heterocycles. The Morgan fingerprint density at radius 2 is 1.25 bits per heavy atom. The lowest BCUT2D eigenvalue weighted by Crippen LogP contribution is -2.12. The van der Waals surface area contributed by atoms with E-state index in [4.69, 9.17) is 10.5 Å². The van der Waals surface area contributed by atoms with Crippen molar-refractivity contribution in [3.8, 4) is 12.1 Å². The number of benzene rings is 2. The number of nitriles is 2. The van der Waals surface area contributed by atoms with Crippen molar-refractivity contribution in [2.24, 2.45) is 0 Å². The van der Waals surface area contributed by atoms with Gasteiger partial charge in [0.15, 0.2) is 0 Å². The monoisotopic (exact) mass is 283 g/mol. The maximum Gasteiger partial charge on any atom is 0.261 e. The van der Waals surface area contributed by atoms with Crippen LogP contribution in [-0.4, -0.2) is 8.42 Å². The first-order valence-electron chi connectivity index (χ1n) is 5.58. The van der Waals surface area contributed by atoms with Crippen molar-refractivity contribution in [3.63, 3.8) is 0 Å². The summed E-state index contributed by atoms with van der Waals surface area (Å²) in [6.45, 7) is 0. The molecule has 0 radical (unpaired) electrons. The van der Waals surface area contributed by atoms with Gasteiger partial charge < -0.3 is 0 Å². The van der Waals surface area contributed by atoms with Crippen molar-refractivity contribution in [2.75, 3.05) is 4.72 Å². The molecule has 0 spiro atoms. The summed E-state index contributed by atoms with van der Waals surface area (Å²) >= 11 is 0. The fraction of sp³-hybridized carbons (Fsp3) is 0. The van der Waals surface area contributed by atoms with Gasteiger partial charge in [0.25, 0.3) is 10.0 Å². The van der Waals surface area contributed by atoms with Gasteiger partial charge in [-0.25, -0.2) is 8.42 Å². The van der Waals surface area contributed by atoms with Crippen molar-refractivity contribution in [1.82, 2.24) is 0 Å². The molecule has 98 valence electrons. The highest BCUT2D eigenvalue weighted by molar-refractivity contribution is 7.92. The molecule has 0 unspecified atom stereocenters. The van der Waals surface area contributed by atoms with Gasteiger partial charge in [0.2, 0.25) is 0 Å². The van der Waals surface area contributed by atoms with Crippen LogP contribution < -0.4 is 4.72 Å². The number of hydrogen-bond donors (Lipinski definition) is 1. The lowest BCUT2D eigenvalue weighted by Gasteiger charge is -2.08. The zero-order valence-electron chi connectivity index (χ0n) is 10.2. The van der Waals surface area contributed by atoms with Gasteiger partial charge in [-0.15, -0.1) is 0 Å². The topological polar surface area (TPSA) is 93.8 Å². The summed E-state index contributed by atoms with van der Waals surface area (Å²) in [5, 5.41) is 17.3. The maximum atomic E-state index is 12.1. The summed E-state index contributed by atoms with van der Waals surface area (Å²) < 4.78 is 26.6. The number of hydrogen-bond acceptors (Lipinski definition) is 4. The first-order chi connectivity index (χ1) is 9.55. The minimum Gasteiger partial charge on any atom is -0.280 e. The number of nitrogens with zero attached hydrogens (tertiary/aromatic N) is 2. The molecule has 0 aliphatic heterocycles. The molecule has 2 aromatic carbocycles. The van der Waals surface area contributed by atoms with Crippen LogP contribution in [0.3, 0.4) is 0 Å². The Balaban J connectivity index is 2.26. The Kier molecular flexibility index (Phi) is 3.69. The highest BCUT2D eigenvalue weighted by Gasteiger charge is 2.13. The van der Waals surface area contributed by atoms with Gasteiger partial charge in [-0.05, 0) is 48.5 Å². The summed E-state index contributed by atoms with van der Waals surface area (Å²) in [5.74, 6) is 0. The average Bonchev–Trinajstić information content (AvgIpc) is 2.48. The number of nitrogens with one attached hydrogen (secondary N) is 1. The quantitative estimate of drug-likeness (QED) is 0.934. The van der Waals surface area contributed by atoms with Gasteiger partial charge in [-0.1, -0.05) is 0 Å². The van der Waals surface area contributed by atoms with E-state index in [1.54, 1.807) is 0 Å². The molecular formula is C14H9N3O2S. The molecule has 0 aliphatic rings. The first kappa shape index (κ1) is 13.6. The molecule has 20 heavy (non-hydrogen) atoms. The molecule has 6 heteroatoms. The van der Waals surface area contributed by atoms with Crippen LogP contribution in [0.25, 0.3) is 0 Å². The molecule has 0 saturated carbocycles. The van der Waals surface area contributed by atoms with E-state index in [1.165, 1.54) is 48.5 Å². The zero-order valence-corrected chi connectivity index (χ0v) is 11.1. The Morgan fingerprint density at radius 1 is 0.800 bits per heavy atom. The molecule has 0 fully saturated rings. The van der Waals surface area contributed by atoms with E-state index in [-0.39, 0.29) is 4.90 Å². The molecule has 0 aromatic heterocycles. The van der Waals surface area contributed by atoms with Crippen LogP contribution in [0, 0.1) is 22.7 Å². The second-order valence-electron chi connectivity index (χ2n) is 3.93. The van der Waals surface area contributed by atoms with E-state index in [0.29, 0.717) is 16.8 Å². The minimum absolute atomic E-state index is 0.0702.